The van der Waals surface area contributed by atoms with Gasteiger partial charge in [0, 0.05) is 40.4 Å². The molecule has 8 heteroatoms. The van der Waals surface area contributed by atoms with E-state index in [4.69, 9.17) is 4.98 Å². The van der Waals surface area contributed by atoms with E-state index in [0.29, 0.717) is 0 Å². The van der Waals surface area contributed by atoms with Crippen molar-refractivity contribution in [2.75, 3.05) is 0 Å². The first-order valence-corrected chi connectivity index (χ1v) is 9.48. The highest BCUT2D eigenvalue weighted by Crippen LogP contribution is 2.34. The number of nitrogens with zero attached hydrogens (tertiary/aromatic N) is 6. The molecule has 0 bridgehead atoms. The van der Waals surface area contributed by atoms with Crippen molar-refractivity contribution >= 4 is 63.5 Å². The average Bonchev–Trinajstić information content (AvgIpc) is 3.24. The molecule has 6 rings (SSSR count). The second-order valence-electron chi connectivity index (χ2n) is 5.80. The van der Waals surface area contributed by atoms with E-state index in [2.05, 4.69) is 31.0 Å². The standard InChI is InChI=1S/C18H8N6S2/c1-2-19-5-10-13(1)25-18-16(10)22-7-12(24-18)9-3-14-15(21-4-9)11-6-20-8-23-17(11)26-14/h1-8H. The Bertz CT molecular complexity index is 1340. The summed E-state index contributed by atoms with van der Waals surface area (Å²) in [5, 5.41) is 2.03. The Balaban J connectivity index is 1.57. The van der Waals surface area contributed by atoms with Gasteiger partial charge < -0.3 is 0 Å². The summed E-state index contributed by atoms with van der Waals surface area (Å²) in [6, 6.07) is 4.09. The van der Waals surface area contributed by atoms with Crippen molar-refractivity contribution in [1.29, 1.82) is 0 Å². The fourth-order valence-corrected chi connectivity index (χ4v) is 5.06. The summed E-state index contributed by atoms with van der Waals surface area (Å²) in [5.74, 6) is 0. The van der Waals surface area contributed by atoms with E-state index in [1.165, 1.54) is 0 Å². The lowest BCUT2D eigenvalue weighted by Gasteiger charge is -2.00. The quantitative estimate of drug-likeness (QED) is 0.424. The Labute approximate surface area is 154 Å². The van der Waals surface area contributed by atoms with Gasteiger partial charge in [-0.25, -0.2) is 15.0 Å². The van der Waals surface area contributed by atoms with E-state index in [0.717, 1.165) is 52.1 Å². The number of hydrogen-bond acceptors (Lipinski definition) is 8. The van der Waals surface area contributed by atoms with Crippen LogP contribution in [0.25, 0.3) is 52.1 Å². The predicted molar refractivity (Wildman–Crippen MR) is 104 cm³/mol. The van der Waals surface area contributed by atoms with Crippen LogP contribution in [0.1, 0.15) is 0 Å². The van der Waals surface area contributed by atoms with Gasteiger partial charge in [-0.3, -0.25) is 15.0 Å². The smallest absolute Gasteiger partial charge is 0.143 e. The molecule has 0 spiro atoms. The van der Waals surface area contributed by atoms with Crippen LogP contribution >= 0.6 is 22.7 Å². The molecule has 0 fully saturated rings. The summed E-state index contributed by atoms with van der Waals surface area (Å²) >= 11 is 3.24. The van der Waals surface area contributed by atoms with Gasteiger partial charge in [-0.2, -0.15) is 0 Å². The Kier molecular flexibility index (Phi) is 2.82. The molecular formula is C18H8N6S2. The molecule has 0 aromatic carbocycles. The van der Waals surface area contributed by atoms with Gasteiger partial charge in [-0.1, -0.05) is 0 Å². The van der Waals surface area contributed by atoms with E-state index in [9.17, 15) is 0 Å². The van der Waals surface area contributed by atoms with Crippen LogP contribution in [0.15, 0.2) is 49.4 Å². The second-order valence-corrected chi connectivity index (χ2v) is 7.86. The lowest BCUT2D eigenvalue weighted by molar-refractivity contribution is 1.23. The minimum absolute atomic E-state index is 0.815. The molecule has 0 saturated heterocycles. The summed E-state index contributed by atoms with van der Waals surface area (Å²) in [7, 11) is 0. The second kappa shape index (κ2) is 5.20. The third kappa shape index (κ3) is 1.97. The van der Waals surface area contributed by atoms with Gasteiger partial charge in [0.05, 0.1) is 27.5 Å². The maximum atomic E-state index is 4.81. The number of aromatic nitrogens is 6. The van der Waals surface area contributed by atoms with Gasteiger partial charge in [-0.15, -0.1) is 22.7 Å². The maximum absolute atomic E-state index is 4.81. The van der Waals surface area contributed by atoms with Crippen LogP contribution in [0.5, 0.6) is 0 Å². The minimum Gasteiger partial charge on any atom is -0.264 e. The molecule has 0 aliphatic rings. The molecule has 6 aromatic rings. The number of thiophene rings is 2. The van der Waals surface area contributed by atoms with Crippen molar-refractivity contribution in [1.82, 2.24) is 29.9 Å². The molecule has 0 radical (unpaired) electrons. The molecule has 6 nitrogen and oxygen atoms in total. The molecule has 0 saturated carbocycles. The molecule has 0 unspecified atom stereocenters. The Morgan fingerprint density at radius 1 is 0.731 bits per heavy atom. The topological polar surface area (TPSA) is 77.3 Å². The first kappa shape index (κ1) is 14.1. The van der Waals surface area contributed by atoms with Crippen molar-refractivity contribution in [3.8, 4) is 11.3 Å². The molecule has 0 amide bonds. The lowest BCUT2D eigenvalue weighted by Crippen LogP contribution is -1.87. The fourth-order valence-electron chi connectivity index (χ4n) is 3.05. The van der Waals surface area contributed by atoms with Crippen molar-refractivity contribution < 1.29 is 0 Å². The molecule has 0 N–H and O–H groups in total. The highest BCUT2D eigenvalue weighted by Gasteiger charge is 2.12. The molecule has 122 valence electrons. The van der Waals surface area contributed by atoms with E-state index in [-0.39, 0.29) is 0 Å². The lowest BCUT2D eigenvalue weighted by atomic mass is 10.2. The van der Waals surface area contributed by atoms with Crippen LogP contribution in [0.3, 0.4) is 0 Å². The highest BCUT2D eigenvalue weighted by molar-refractivity contribution is 7.25. The van der Waals surface area contributed by atoms with Crippen molar-refractivity contribution in [3.05, 3.63) is 49.4 Å². The van der Waals surface area contributed by atoms with Gasteiger partial charge in [-0.05, 0) is 12.1 Å². The van der Waals surface area contributed by atoms with Crippen molar-refractivity contribution in [3.63, 3.8) is 0 Å². The molecule has 0 aliphatic heterocycles. The number of fused-ring (bicyclic) bond motifs is 6. The fraction of sp³-hybridized carbons (Fsp3) is 0. The molecule has 6 heterocycles. The third-order valence-corrected chi connectivity index (χ3v) is 6.37. The molecule has 0 aliphatic carbocycles. The SMILES string of the molecule is c1cc2sc3nc(-c4cnc5c(c4)sc4ncncc45)cnc3c2cn1. The van der Waals surface area contributed by atoms with Gasteiger partial charge in [0.1, 0.15) is 21.5 Å². The number of hydrogen-bond donors (Lipinski definition) is 0. The molecule has 0 atom stereocenters. The minimum atomic E-state index is 0.815. The Hall–Kier alpha value is -3.10. The van der Waals surface area contributed by atoms with Crippen LogP contribution in [-0.2, 0) is 0 Å². The van der Waals surface area contributed by atoms with Crippen LogP contribution in [0.2, 0.25) is 0 Å². The van der Waals surface area contributed by atoms with E-state index in [1.807, 2.05) is 24.7 Å². The maximum Gasteiger partial charge on any atom is 0.143 e. The Morgan fingerprint density at radius 3 is 2.62 bits per heavy atom. The van der Waals surface area contributed by atoms with Gasteiger partial charge in [0.2, 0.25) is 0 Å². The van der Waals surface area contributed by atoms with Gasteiger partial charge >= 0.3 is 0 Å². The normalized spacial score (nSPS) is 11.8. The number of rotatable bonds is 1. The van der Waals surface area contributed by atoms with Gasteiger partial charge in [0.25, 0.3) is 0 Å². The molecule has 6 aromatic heterocycles. The zero-order chi connectivity index (χ0) is 17.1. The Morgan fingerprint density at radius 2 is 1.62 bits per heavy atom. The number of pyridine rings is 2. The largest absolute Gasteiger partial charge is 0.264 e. The van der Waals surface area contributed by atoms with E-state index in [1.54, 1.807) is 41.4 Å². The van der Waals surface area contributed by atoms with Crippen LogP contribution < -0.4 is 0 Å². The monoisotopic (exact) mass is 372 g/mol. The summed E-state index contributed by atoms with van der Waals surface area (Å²) < 4.78 is 2.21. The average molecular weight is 372 g/mol. The van der Waals surface area contributed by atoms with Crippen LogP contribution in [-0.4, -0.2) is 29.9 Å². The first-order valence-electron chi connectivity index (χ1n) is 7.85. The molecule has 26 heavy (non-hydrogen) atoms. The molecular weight excluding hydrogens is 364 g/mol. The zero-order valence-electron chi connectivity index (χ0n) is 13.1. The van der Waals surface area contributed by atoms with Crippen molar-refractivity contribution in [2.24, 2.45) is 0 Å². The third-order valence-electron chi connectivity index (χ3n) is 4.27. The predicted octanol–water partition coefficient (Wildman–Crippen LogP) is 4.46. The zero-order valence-corrected chi connectivity index (χ0v) is 14.8. The first-order chi connectivity index (χ1) is 12.9. The summed E-state index contributed by atoms with van der Waals surface area (Å²) in [5.41, 5.74) is 3.58. The van der Waals surface area contributed by atoms with E-state index >= 15 is 0 Å². The van der Waals surface area contributed by atoms with Gasteiger partial charge in [0.15, 0.2) is 0 Å². The summed E-state index contributed by atoms with van der Waals surface area (Å²) in [6.45, 7) is 0. The van der Waals surface area contributed by atoms with Crippen molar-refractivity contribution in [2.45, 2.75) is 0 Å². The summed E-state index contributed by atoms with van der Waals surface area (Å²) in [6.07, 6.45) is 10.7. The highest BCUT2D eigenvalue weighted by atomic mass is 32.1. The van der Waals surface area contributed by atoms with E-state index < -0.39 is 0 Å². The van der Waals surface area contributed by atoms with Crippen LogP contribution in [0, 0.1) is 0 Å². The summed E-state index contributed by atoms with van der Waals surface area (Å²) in [4.78, 5) is 28.5. The van der Waals surface area contributed by atoms with Crippen LogP contribution in [0.4, 0.5) is 0 Å².